The summed E-state index contributed by atoms with van der Waals surface area (Å²) in [6.45, 7) is 0. The molecule has 0 saturated carbocycles. The van der Waals surface area contributed by atoms with Gasteiger partial charge in [0, 0.05) is 4.47 Å². The first-order valence-electron chi connectivity index (χ1n) is 6.14. The molecule has 0 unspecified atom stereocenters. The summed E-state index contributed by atoms with van der Waals surface area (Å²) >= 11 is 3.16. The normalized spacial score (nSPS) is 11.1. The fourth-order valence-electron chi connectivity index (χ4n) is 1.84. The minimum atomic E-state index is -4.14. The number of halogens is 2. The van der Waals surface area contributed by atoms with Gasteiger partial charge in [-0.2, -0.15) is 0 Å². The van der Waals surface area contributed by atoms with Gasteiger partial charge in [-0.15, -0.1) is 0 Å². The molecule has 0 bridgehead atoms. The van der Waals surface area contributed by atoms with Gasteiger partial charge in [0.2, 0.25) is 0 Å². The van der Waals surface area contributed by atoms with Crippen molar-refractivity contribution in [2.45, 2.75) is 4.90 Å². The second kappa shape index (κ2) is 6.55. The molecule has 2 rings (SSSR count). The predicted octanol–water partition coefficient (Wildman–Crippen LogP) is 3.10. The van der Waals surface area contributed by atoms with Crippen LogP contribution in [0.5, 0.6) is 5.75 Å². The first-order chi connectivity index (χ1) is 10.7. The standard InChI is InChI=1S/C14H11BrFNO5S/c1-22-12-5-2-8(15)6-13(12)23(20,21)17-11-4-3-9(16)7-10(11)14(18)19/h2-7,17H,1H3,(H,18,19). The molecule has 9 heteroatoms. The Morgan fingerprint density at radius 3 is 2.57 bits per heavy atom. The summed E-state index contributed by atoms with van der Waals surface area (Å²) in [6.07, 6.45) is 0. The Morgan fingerprint density at radius 2 is 1.96 bits per heavy atom. The highest BCUT2D eigenvalue weighted by atomic mass is 79.9. The number of sulfonamides is 1. The predicted molar refractivity (Wildman–Crippen MR) is 84.9 cm³/mol. The zero-order valence-electron chi connectivity index (χ0n) is 11.7. The largest absolute Gasteiger partial charge is 0.495 e. The molecular formula is C14H11BrFNO5S. The number of ether oxygens (including phenoxy) is 1. The molecule has 0 saturated heterocycles. The zero-order chi connectivity index (χ0) is 17.2. The number of hydrogen-bond acceptors (Lipinski definition) is 4. The van der Waals surface area contributed by atoms with E-state index in [1.807, 2.05) is 0 Å². The van der Waals surface area contributed by atoms with Crippen molar-refractivity contribution in [1.29, 1.82) is 0 Å². The molecule has 0 radical (unpaired) electrons. The van der Waals surface area contributed by atoms with Gasteiger partial charge in [0.05, 0.1) is 18.4 Å². The molecule has 6 nitrogen and oxygen atoms in total. The molecule has 2 aromatic carbocycles. The first kappa shape index (κ1) is 17.2. The number of aromatic carboxylic acids is 1. The van der Waals surface area contributed by atoms with Crippen molar-refractivity contribution in [3.63, 3.8) is 0 Å². The fraction of sp³-hybridized carbons (Fsp3) is 0.0714. The molecular weight excluding hydrogens is 393 g/mol. The van der Waals surface area contributed by atoms with E-state index in [0.29, 0.717) is 4.47 Å². The molecule has 122 valence electrons. The number of anilines is 1. The lowest BCUT2D eigenvalue weighted by Crippen LogP contribution is -2.16. The third kappa shape index (κ3) is 3.80. The van der Waals surface area contributed by atoms with E-state index in [-0.39, 0.29) is 16.3 Å². The third-order valence-electron chi connectivity index (χ3n) is 2.87. The Hall–Kier alpha value is -2.13. The number of carboxylic acid groups (broad SMARTS) is 1. The highest BCUT2D eigenvalue weighted by Gasteiger charge is 2.23. The number of carboxylic acids is 1. The number of nitrogens with one attached hydrogen (secondary N) is 1. The lowest BCUT2D eigenvalue weighted by molar-refractivity contribution is 0.0697. The second-order valence-corrected chi connectivity index (χ2v) is 6.96. The van der Waals surface area contributed by atoms with Gasteiger partial charge in [-0.3, -0.25) is 4.72 Å². The van der Waals surface area contributed by atoms with E-state index in [2.05, 4.69) is 20.7 Å². The van der Waals surface area contributed by atoms with Crippen molar-refractivity contribution >= 4 is 37.6 Å². The minimum absolute atomic E-state index is 0.0830. The summed E-state index contributed by atoms with van der Waals surface area (Å²) in [5.74, 6) is -2.16. The van der Waals surface area contributed by atoms with Gasteiger partial charge in [0.15, 0.2) is 0 Å². The number of rotatable bonds is 5. The van der Waals surface area contributed by atoms with Crippen LogP contribution in [-0.2, 0) is 10.0 Å². The molecule has 2 N–H and O–H groups in total. The molecule has 23 heavy (non-hydrogen) atoms. The van der Waals surface area contributed by atoms with Crippen LogP contribution in [0.15, 0.2) is 45.8 Å². The van der Waals surface area contributed by atoms with Gasteiger partial charge >= 0.3 is 5.97 Å². The van der Waals surface area contributed by atoms with E-state index in [9.17, 15) is 17.6 Å². The van der Waals surface area contributed by atoms with Crippen LogP contribution in [0.3, 0.4) is 0 Å². The highest BCUT2D eigenvalue weighted by molar-refractivity contribution is 9.10. The summed E-state index contributed by atoms with van der Waals surface area (Å²) in [5, 5.41) is 9.07. The van der Waals surface area contributed by atoms with Gasteiger partial charge in [0.1, 0.15) is 16.5 Å². The lowest BCUT2D eigenvalue weighted by atomic mass is 10.2. The van der Waals surface area contributed by atoms with E-state index in [4.69, 9.17) is 9.84 Å². The van der Waals surface area contributed by atoms with Crippen LogP contribution in [0.1, 0.15) is 10.4 Å². The second-order valence-electron chi connectivity index (χ2n) is 4.40. The van der Waals surface area contributed by atoms with Gasteiger partial charge in [-0.1, -0.05) is 15.9 Å². The highest BCUT2D eigenvalue weighted by Crippen LogP contribution is 2.29. The Bertz CT molecular complexity index is 869. The molecule has 0 atom stereocenters. The summed E-state index contributed by atoms with van der Waals surface area (Å²) in [5.41, 5.74) is -0.747. The number of methoxy groups -OCH3 is 1. The Balaban J connectivity index is 2.52. The quantitative estimate of drug-likeness (QED) is 0.799. The summed E-state index contributed by atoms with van der Waals surface area (Å²) in [7, 11) is -2.83. The van der Waals surface area contributed by atoms with E-state index >= 15 is 0 Å². The average molecular weight is 404 g/mol. The van der Waals surface area contributed by atoms with Crippen LogP contribution in [0, 0.1) is 5.82 Å². The number of hydrogen-bond donors (Lipinski definition) is 2. The molecule has 0 aliphatic heterocycles. The summed E-state index contributed by atoms with van der Waals surface area (Å²) in [4.78, 5) is 11.0. The van der Waals surface area contributed by atoms with Crippen LogP contribution < -0.4 is 9.46 Å². The van der Waals surface area contributed by atoms with E-state index in [1.165, 1.54) is 19.2 Å². The Kier molecular flexibility index (Phi) is 4.90. The van der Waals surface area contributed by atoms with E-state index < -0.39 is 27.4 Å². The molecule has 0 aromatic heterocycles. The van der Waals surface area contributed by atoms with Gasteiger partial charge in [0.25, 0.3) is 10.0 Å². The maximum atomic E-state index is 13.2. The van der Waals surface area contributed by atoms with Gasteiger partial charge in [-0.25, -0.2) is 17.6 Å². The molecule has 0 heterocycles. The van der Waals surface area contributed by atoms with Crippen molar-refractivity contribution in [3.8, 4) is 5.75 Å². The van der Waals surface area contributed by atoms with Crippen molar-refractivity contribution < 1.29 is 27.4 Å². The molecule has 0 amide bonds. The Morgan fingerprint density at radius 1 is 1.26 bits per heavy atom. The maximum absolute atomic E-state index is 13.2. The molecule has 0 fully saturated rings. The van der Waals surface area contributed by atoms with Crippen molar-refractivity contribution in [1.82, 2.24) is 0 Å². The molecule has 0 aliphatic rings. The van der Waals surface area contributed by atoms with Crippen LogP contribution in [-0.4, -0.2) is 26.6 Å². The zero-order valence-corrected chi connectivity index (χ0v) is 14.1. The molecule has 2 aromatic rings. The number of carbonyl (C=O) groups is 1. The Labute approximate surface area is 140 Å². The smallest absolute Gasteiger partial charge is 0.337 e. The topological polar surface area (TPSA) is 92.7 Å². The van der Waals surface area contributed by atoms with Gasteiger partial charge in [-0.05, 0) is 36.4 Å². The summed E-state index contributed by atoms with van der Waals surface area (Å²) < 4.78 is 45.8. The average Bonchev–Trinajstić information content (AvgIpc) is 2.48. The monoisotopic (exact) mass is 403 g/mol. The SMILES string of the molecule is COc1ccc(Br)cc1S(=O)(=O)Nc1ccc(F)cc1C(=O)O. The van der Waals surface area contributed by atoms with Crippen LogP contribution in [0.2, 0.25) is 0 Å². The van der Waals surface area contributed by atoms with Gasteiger partial charge < -0.3 is 9.84 Å². The first-order valence-corrected chi connectivity index (χ1v) is 8.41. The molecule has 0 aliphatic carbocycles. The van der Waals surface area contributed by atoms with Crippen molar-refractivity contribution in [2.24, 2.45) is 0 Å². The van der Waals surface area contributed by atoms with Crippen molar-refractivity contribution in [2.75, 3.05) is 11.8 Å². The summed E-state index contributed by atoms with van der Waals surface area (Å²) in [6, 6.07) is 7.09. The third-order valence-corrected chi connectivity index (χ3v) is 4.75. The lowest BCUT2D eigenvalue weighted by Gasteiger charge is -2.13. The van der Waals surface area contributed by atoms with Crippen LogP contribution in [0.25, 0.3) is 0 Å². The van der Waals surface area contributed by atoms with E-state index in [0.717, 1.165) is 18.2 Å². The van der Waals surface area contributed by atoms with Crippen LogP contribution in [0.4, 0.5) is 10.1 Å². The van der Waals surface area contributed by atoms with Crippen molar-refractivity contribution in [3.05, 3.63) is 52.3 Å². The molecule has 0 spiro atoms. The minimum Gasteiger partial charge on any atom is -0.495 e. The maximum Gasteiger partial charge on any atom is 0.337 e. The fourth-order valence-corrected chi connectivity index (χ4v) is 3.63. The number of benzene rings is 2. The van der Waals surface area contributed by atoms with Crippen LogP contribution >= 0.6 is 15.9 Å². The van der Waals surface area contributed by atoms with E-state index in [1.54, 1.807) is 6.07 Å².